The minimum atomic E-state index is -0.119. The Hall–Kier alpha value is -4.94. The molecule has 0 spiro atoms. The number of rotatable bonds is 3. The highest BCUT2D eigenvalue weighted by Gasteiger charge is 2.36. The van der Waals surface area contributed by atoms with Gasteiger partial charge in [0.1, 0.15) is 0 Å². The van der Waals surface area contributed by atoms with E-state index in [4.69, 9.17) is 0 Å². The second-order valence-corrected chi connectivity index (χ2v) is 12.2. The number of fused-ring (bicyclic) bond motifs is 5. The summed E-state index contributed by atoms with van der Waals surface area (Å²) < 4.78 is 0. The van der Waals surface area contributed by atoms with E-state index < -0.39 is 0 Å². The summed E-state index contributed by atoms with van der Waals surface area (Å²) in [7, 11) is 0. The molecule has 0 nitrogen and oxygen atoms in total. The average Bonchev–Trinajstić information content (AvgIpc) is 3.25. The summed E-state index contributed by atoms with van der Waals surface area (Å²) >= 11 is 0. The molecule has 0 saturated heterocycles. The third-order valence-electron chi connectivity index (χ3n) is 9.33. The highest BCUT2D eigenvalue weighted by atomic mass is 14.4. The van der Waals surface area contributed by atoms with Gasteiger partial charge in [-0.1, -0.05) is 141 Å². The molecule has 0 radical (unpaired) electrons. The third kappa shape index (κ3) is 3.68. The van der Waals surface area contributed by atoms with Crippen molar-refractivity contribution in [1.82, 2.24) is 0 Å². The van der Waals surface area contributed by atoms with E-state index in [2.05, 4.69) is 160 Å². The summed E-state index contributed by atoms with van der Waals surface area (Å²) in [5, 5.41) is 5.22. The first-order valence-corrected chi connectivity index (χ1v) is 14.9. The van der Waals surface area contributed by atoms with E-state index >= 15 is 0 Å². The van der Waals surface area contributed by atoms with Gasteiger partial charge in [-0.2, -0.15) is 0 Å². The van der Waals surface area contributed by atoms with E-state index in [-0.39, 0.29) is 5.41 Å². The van der Waals surface area contributed by atoms with Gasteiger partial charge in [0.2, 0.25) is 0 Å². The fourth-order valence-corrected chi connectivity index (χ4v) is 7.16. The van der Waals surface area contributed by atoms with E-state index in [9.17, 15) is 0 Å². The maximum atomic E-state index is 2.51. The Morgan fingerprint density at radius 3 is 1.48 bits per heavy atom. The molecule has 0 atom stereocenters. The van der Waals surface area contributed by atoms with Crippen LogP contribution in [0, 0.1) is 6.92 Å². The predicted molar refractivity (Wildman–Crippen MR) is 180 cm³/mol. The minimum absolute atomic E-state index is 0.119. The van der Waals surface area contributed by atoms with Crippen LogP contribution >= 0.6 is 0 Å². The molecule has 0 aliphatic heterocycles. The molecule has 1 aliphatic rings. The molecule has 0 bridgehead atoms. The second-order valence-electron chi connectivity index (χ2n) is 12.2. The summed E-state index contributed by atoms with van der Waals surface area (Å²) in [5.41, 5.74) is 14.4. The van der Waals surface area contributed by atoms with E-state index in [0.717, 1.165) is 0 Å². The highest BCUT2D eigenvalue weighted by Crippen LogP contribution is 2.53. The van der Waals surface area contributed by atoms with Crippen LogP contribution < -0.4 is 0 Å². The molecule has 7 aromatic rings. The van der Waals surface area contributed by atoms with Gasteiger partial charge in [0, 0.05) is 5.41 Å². The van der Waals surface area contributed by atoms with Gasteiger partial charge in [-0.15, -0.1) is 0 Å². The topological polar surface area (TPSA) is 0 Å². The van der Waals surface area contributed by atoms with Gasteiger partial charge in [0.15, 0.2) is 0 Å². The molecule has 0 fully saturated rings. The van der Waals surface area contributed by atoms with Crippen LogP contribution in [-0.4, -0.2) is 0 Å². The van der Waals surface area contributed by atoms with Crippen molar-refractivity contribution < 1.29 is 0 Å². The van der Waals surface area contributed by atoms with Gasteiger partial charge in [-0.3, -0.25) is 0 Å². The standard InChI is InChI=1S/C42H32/c1-27-18-20-28(21-19-27)31-22-23-32-35-25-36-37(26-39(35)42(2,3)38(32)24-31)41(30-14-8-5-9-15-30)34-17-11-10-16-33(34)40(36)29-12-6-4-7-13-29/h4-26H,1-3H3. The van der Waals surface area contributed by atoms with E-state index in [1.165, 1.54) is 82.7 Å². The number of hydrogen-bond acceptors (Lipinski definition) is 0. The Kier molecular flexibility index (Phi) is 5.49. The molecule has 0 heterocycles. The van der Waals surface area contributed by atoms with E-state index in [1.807, 2.05) is 0 Å². The summed E-state index contributed by atoms with van der Waals surface area (Å²) in [4.78, 5) is 0. The van der Waals surface area contributed by atoms with Crippen molar-refractivity contribution in [2.45, 2.75) is 26.2 Å². The van der Waals surface area contributed by atoms with Crippen LogP contribution in [0.25, 0.3) is 66.1 Å². The fraction of sp³-hybridized carbons (Fsp3) is 0.0952. The summed E-state index contributed by atoms with van der Waals surface area (Å²) in [6, 6.07) is 51.7. The Balaban J connectivity index is 1.48. The molecule has 1 aliphatic carbocycles. The lowest BCUT2D eigenvalue weighted by Gasteiger charge is -2.24. The Bertz CT molecular complexity index is 2130. The molecule has 8 rings (SSSR count). The predicted octanol–water partition coefficient (Wildman–Crippen LogP) is 11.6. The van der Waals surface area contributed by atoms with Crippen LogP contribution in [0.3, 0.4) is 0 Å². The number of hydrogen-bond donors (Lipinski definition) is 0. The zero-order chi connectivity index (χ0) is 28.4. The molecule has 42 heavy (non-hydrogen) atoms. The number of benzene rings is 7. The normalized spacial score (nSPS) is 13.3. The molecular weight excluding hydrogens is 504 g/mol. The van der Waals surface area contributed by atoms with Crippen molar-refractivity contribution in [2.24, 2.45) is 0 Å². The number of aryl methyl sites for hydroxylation is 1. The first-order valence-electron chi connectivity index (χ1n) is 14.9. The smallest absolute Gasteiger partial charge is 0.0159 e. The van der Waals surface area contributed by atoms with Crippen LogP contribution in [0.15, 0.2) is 140 Å². The summed E-state index contributed by atoms with van der Waals surface area (Å²) in [6.07, 6.45) is 0. The first-order chi connectivity index (χ1) is 20.5. The van der Waals surface area contributed by atoms with Gasteiger partial charge in [-0.25, -0.2) is 0 Å². The maximum absolute atomic E-state index is 2.51. The van der Waals surface area contributed by atoms with Gasteiger partial charge in [-0.05, 0) is 102 Å². The zero-order valence-corrected chi connectivity index (χ0v) is 24.3. The largest absolute Gasteiger partial charge is 0.0622 e. The van der Waals surface area contributed by atoms with Crippen molar-refractivity contribution in [2.75, 3.05) is 0 Å². The second kappa shape index (κ2) is 9.29. The molecule has 200 valence electrons. The van der Waals surface area contributed by atoms with Crippen molar-refractivity contribution in [1.29, 1.82) is 0 Å². The third-order valence-corrected chi connectivity index (χ3v) is 9.33. The van der Waals surface area contributed by atoms with Crippen molar-refractivity contribution in [3.8, 4) is 44.5 Å². The van der Waals surface area contributed by atoms with Crippen LogP contribution in [0.5, 0.6) is 0 Å². The first kappa shape index (κ1) is 24.8. The average molecular weight is 537 g/mol. The Morgan fingerprint density at radius 1 is 0.381 bits per heavy atom. The SMILES string of the molecule is Cc1ccc(-c2ccc3c(c2)C(C)(C)c2cc4c(-c5ccccc5)c5ccccc5c(-c5ccccc5)c4cc2-3)cc1. The highest BCUT2D eigenvalue weighted by molar-refractivity contribution is 6.22. The van der Waals surface area contributed by atoms with E-state index in [0.29, 0.717) is 0 Å². The van der Waals surface area contributed by atoms with Crippen molar-refractivity contribution in [3.63, 3.8) is 0 Å². The van der Waals surface area contributed by atoms with Crippen LogP contribution in [0.1, 0.15) is 30.5 Å². The summed E-state index contributed by atoms with van der Waals surface area (Å²) in [6.45, 7) is 6.93. The lowest BCUT2D eigenvalue weighted by atomic mass is 9.79. The molecule has 0 amide bonds. The van der Waals surface area contributed by atoms with E-state index in [1.54, 1.807) is 0 Å². The van der Waals surface area contributed by atoms with Crippen molar-refractivity contribution >= 4 is 21.5 Å². The zero-order valence-electron chi connectivity index (χ0n) is 24.3. The van der Waals surface area contributed by atoms with Gasteiger partial charge >= 0.3 is 0 Å². The van der Waals surface area contributed by atoms with Crippen LogP contribution in [0.2, 0.25) is 0 Å². The lowest BCUT2D eigenvalue weighted by molar-refractivity contribution is 0.661. The lowest BCUT2D eigenvalue weighted by Crippen LogP contribution is -2.15. The molecule has 0 aromatic heterocycles. The molecule has 0 saturated carbocycles. The van der Waals surface area contributed by atoms with Gasteiger partial charge in [0.25, 0.3) is 0 Å². The van der Waals surface area contributed by atoms with Crippen LogP contribution in [0.4, 0.5) is 0 Å². The molecule has 7 aromatic carbocycles. The Labute approximate surface area is 247 Å². The minimum Gasteiger partial charge on any atom is -0.0622 e. The fourth-order valence-electron chi connectivity index (χ4n) is 7.16. The maximum Gasteiger partial charge on any atom is 0.0159 e. The van der Waals surface area contributed by atoms with Crippen LogP contribution in [-0.2, 0) is 5.41 Å². The Morgan fingerprint density at radius 2 is 0.881 bits per heavy atom. The molecular formula is C42H32. The summed E-state index contributed by atoms with van der Waals surface area (Å²) in [5.74, 6) is 0. The molecule has 0 N–H and O–H groups in total. The molecule has 0 unspecified atom stereocenters. The molecule has 0 heteroatoms. The van der Waals surface area contributed by atoms with Gasteiger partial charge in [0.05, 0.1) is 0 Å². The monoisotopic (exact) mass is 536 g/mol. The quantitative estimate of drug-likeness (QED) is 0.197. The van der Waals surface area contributed by atoms with Gasteiger partial charge < -0.3 is 0 Å². The van der Waals surface area contributed by atoms with Crippen molar-refractivity contribution in [3.05, 3.63) is 156 Å².